The number of carbonyl (C=O) groups excluding carboxylic acids is 2. The third kappa shape index (κ3) is 6.07. The monoisotopic (exact) mass is 423 g/mol. The maximum absolute atomic E-state index is 12.6. The highest BCUT2D eigenvalue weighted by molar-refractivity contribution is 5.93. The third-order valence-electron chi connectivity index (χ3n) is 5.25. The fraction of sp³-hybridized carbons (Fsp3) is 0.375. The Morgan fingerprint density at radius 1 is 1.19 bits per heavy atom. The van der Waals surface area contributed by atoms with E-state index in [0.717, 1.165) is 11.1 Å². The molecule has 0 bridgehead atoms. The average molecular weight is 424 g/mol. The molecule has 1 N–H and O–H groups in total. The first kappa shape index (κ1) is 22.3. The molecule has 7 heteroatoms. The fourth-order valence-corrected chi connectivity index (χ4v) is 3.53. The number of benzene rings is 1. The normalized spacial score (nSPS) is 14.5. The first-order chi connectivity index (χ1) is 15.0. The molecule has 164 valence electrons. The summed E-state index contributed by atoms with van der Waals surface area (Å²) >= 11 is 0. The molecule has 0 unspecified atom stereocenters. The van der Waals surface area contributed by atoms with Crippen LogP contribution in [0.3, 0.4) is 0 Å². The molecule has 0 spiro atoms. The standard InChI is InChI=1S/C24H29N3O4/c1-4-31-20-7-5-18(16-21(20)30-3)6-8-23(28)27-13-10-19(11-14-27)24(29)26-22-15-17(2)9-12-25-22/h5-9,12,15-16,19H,4,10-11,13-14H2,1-3H3,(H,25,26,29). The molecule has 1 aromatic heterocycles. The number of ether oxygens (including phenoxy) is 2. The maximum atomic E-state index is 12.6. The summed E-state index contributed by atoms with van der Waals surface area (Å²) in [6.07, 6.45) is 6.27. The number of aryl methyl sites for hydroxylation is 1. The van der Waals surface area contributed by atoms with Gasteiger partial charge in [0, 0.05) is 31.3 Å². The summed E-state index contributed by atoms with van der Waals surface area (Å²) in [5.74, 6) is 1.65. The smallest absolute Gasteiger partial charge is 0.246 e. The molecule has 1 aromatic carbocycles. The molecule has 1 fully saturated rings. The molecule has 1 aliphatic heterocycles. The number of nitrogens with zero attached hydrogens (tertiary/aromatic N) is 2. The molecular weight excluding hydrogens is 394 g/mol. The van der Waals surface area contributed by atoms with Crippen LogP contribution in [0.4, 0.5) is 5.82 Å². The lowest BCUT2D eigenvalue weighted by atomic mass is 9.96. The molecule has 2 amide bonds. The summed E-state index contributed by atoms with van der Waals surface area (Å²) in [4.78, 5) is 31.0. The van der Waals surface area contributed by atoms with Gasteiger partial charge in [0.15, 0.2) is 11.5 Å². The minimum Gasteiger partial charge on any atom is -0.493 e. The number of nitrogens with one attached hydrogen (secondary N) is 1. The minimum atomic E-state index is -0.120. The van der Waals surface area contributed by atoms with E-state index < -0.39 is 0 Å². The van der Waals surface area contributed by atoms with Crippen molar-refractivity contribution in [2.75, 3.05) is 32.1 Å². The highest BCUT2D eigenvalue weighted by Gasteiger charge is 2.26. The zero-order valence-corrected chi connectivity index (χ0v) is 18.3. The Hall–Kier alpha value is -3.35. The van der Waals surface area contributed by atoms with E-state index in [1.807, 2.05) is 44.2 Å². The summed E-state index contributed by atoms with van der Waals surface area (Å²) in [6, 6.07) is 9.28. The quantitative estimate of drug-likeness (QED) is 0.687. The van der Waals surface area contributed by atoms with Crippen molar-refractivity contribution < 1.29 is 19.1 Å². The number of anilines is 1. The average Bonchev–Trinajstić information content (AvgIpc) is 2.78. The van der Waals surface area contributed by atoms with Crippen molar-refractivity contribution >= 4 is 23.7 Å². The van der Waals surface area contributed by atoms with Crippen molar-refractivity contribution in [1.82, 2.24) is 9.88 Å². The molecule has 31 heavy (non-hydrogen) atoms. The van der Waals surface area contributed by atoms with Crippen LogP contribution in [0.1, 0.15) is 30.9 Å². The summed E-state index contributed by atoms with van der Waals surface area (Å²) in [7, 11) is 1.59. The van der Waals surface area contributed by atoms with Crippen LogP contribution in [0.2, 0.25) is 0 Å². The third-order valence-corrected chi connectivity index (χ3v) is 5.25. The van der Waals surface area contributed by atoms with Gasteiger partial charge in [0.25, 0.3) is 0 Å². The fourth-order valence-electron chi connectivity index (χ4n) is 3.53. The molecule has 0 radical (unpaired) electrons. The Kier molecular flexibility index (Phi) is 7.65. The molecular formula is C24H29N3O4. The zero-order valence-electron chi connectivity index (χ0n) is 18.3. The van der Waals surface area contributed by atoms with Crippen molar-refractivity contribution in [2.45, 2.75) is 26.7 Å². The van der Waals surface area contributed by atoms with Crippen molar-refractivity contribution in [3.63, 3.8) is 0 Å². The topological polar surface area (TPSA) is 80.8 Å². The summed E-state index contributed by atoms with van der Waals surface area (Å²) in [5, 5.41) is 2.88. The number of hydrogen-bond acceptors (Lipinski definition) is 5. The predicted octanol–water partition coefficient (Wildman–Crippen LogP) is 3.69. The minimum absolute atomic E-state index is 0.0396. The molecule has 3 rings (SSSR count). The first-order valence-corrected chi connectivity index (χ1v) is 10.5. The Morgan fingerprint density at radius 2 is 1.97 bits per heavy atom. The number of hydrogen-bond donors (Lipinski definition) is 1. The van der Waals surface area contributed by atoms with E-state index in [-0.39, 0.29) is 17.7 Å². The molecule has 1 saturated heterocycles. The van der Waals surface area contributed by atoms with Gasteiger partial charge < -0.3 is 19.7 Å². The number of pyridine rings is 1. The van der Waals surface area contributed by atoms with Crippen LogP contribution < -0.4 is 14.8 Å². The van der Waals surface area contributed by atoms with Crippen molar-refractivity contribution in [3.05, 3.63) is 53.7 Å². The van der Waals surface area contributed by atoms with Crippen LogP contribution in [0.25, 0.3) is 6.08 Å². The van der Waals surface area contributed by atoms with Crippen LogP contribution in [0.15, 0.2) is 42.6 Å². The predicted molar refractivity (Wildman–Crippen MR) is 120 cm³/mol. The number of aromatic nitrogens is 1. The van der Waals surface area contributed by atoms with Crippen molar-refractivity contribution in [1.29, 1.82) is 0 Å². The van der Waals surface area contributed by atoms with Gasteiger partial charge in [-0.25, -0.2) is 4.98 Å². The van der Waals surface area contributed by atoms with Gasteiger partial charge in [0.05, 0.1) is 13.7 Å². The number of piperidine rings is 1. The molecule has 2 heterocycles. The highest BCUT2D eigenvalue weighted by atomic mass is 16.5. The van der Waals surface area contributed by atoms with E-state index in [1.54, 1.807) is 30.4 Å². The number of likely N-dealkylation sites (tertiary alicyclic amines) is 1. The number of amides is 2. The van der Waals surface area contributed by atoms with Crippen molar-refractivity contribution in [2.24, 2.45) is 5.92 Å². The Bertz CT molecular complexity index is 950. The maximum Gasteiger partial charge on any atom is 0.246 e. The van der Waals surface area contributed by atoms with Gasteiger partial charge in [0.1, 0.15) is 5.82 Å². The van der Waals surface area contributed by atoms with Gasteiger partial charge in [-0.2, -0.15) is 0 Å². The second kappa shape index (κ2) is 10.6. The van der Waals surface area contributed by atoms with E-state index in [2.05, 4.69) is 10.3 Å². The molecule has 0 saturated carbocycles. The Labute approximate surface area is 183 Å². The van der Waals surface area contributed by atoms with E-state index in [1.165, 1.54) is 0 Å². The van der Waals surface area contributed by atoms with Crippen LogP contribution in [-0.4, -0.2) is 48.5 Å². The van der Waals surface area contributed by atoms with Crippen LogP contribution in [-0.2, 0) is 9.59 Å². The molecule has 7 nitrogen and oxygen atoms in total. The zero-order chi connectivity index (χ0) is 22.2. The molecule has 0 atom stereocenters. The second-order valence-electron chi connectivity index (χ2n) is 7.48. The lowest BCUT2D eigenvalue weighted by molar-refractivity contribution is -0.130. The van der Waals surface area contributed by atoms with Gasteiger partial charge in [0.2, 0.25) is 11.8 Å². The molecule has 0 aliphatic carbocycles. The number of methoxy groups -OCH3 is 1. The first-order valence-electron chi connectivity index (χ1n) is 10.5. The van der Waals surface area contributed by atoms with Crippen LogP contribution >= 0.6 is 0 Å². The van der Waals surface area contributed by atoms with Gasteiger partial charge in [-0.15, -0.1) is 0 Å². The highest BCUT2D eigenvalue weighted by Crippen LogP contribution is 2.28. The van der Waals surface area contributed by atoms with Gasteiger partial charge in [-0.3, -0.25) is 9.59 Å². The van der Waals surface area contributed by atoms with Gasteiger partial charge in [-0.05, 0) is 68.2 Å². The summed E-state index contributed by atoms with van der Waals surface area (Å²) in [6.45, 7) is 5.53. The SMILES string of the molecule is CCOc1ccc(C=CC(=O)N2CCC(C(=O)Nc3cc(C)ccn3)CC2)cc1OC. The van der Waals surface area contributed by atoms with E-state index in [9.17, 15) is 9.59 Å². The molecule has 2 aromatic rings. The van der Waals surface area contributed by atoms with Crippen molar-refractivity contribution in [3.8, 4) is 11.5 Å². The van der Waals surface area contributed by atoms with E-state index >= 15 is 0 Å². The second-order valence-corrected chi connectivity index (χ2v) is 7.48. The van der Waals surface area contributed by atoms with E-state index in [0.29, 0.717) is 49.9 Å². The molecule has 1 aliphatic rings. The summed E-state index contributed by atoms with van der Waals surface area (Å²) < 4.78 is 10.9. The largest absolute Gasteiger partial charge is 0.493 e. The Morgan fingerprint density at radius 3 is 2.65 bits per heavy atom. The lowest BCUT2D eigenvalue weighted by Crippen LogP contribution is -2.40. The van der Waals surface area contributed by atoms with Gasteiger partial charge >= 0.3 is 0 Å². The Balaban J connectivity index is 1.52. The number of carbonyl (C=O) groups is 2. The number of rotatable bonds is 7. The van der Waals surface area contributed by atoms with Crippen LogP contribution in [0.5, 0.6) is 11.5 Å². The summed E-state index contributed by atoms with van der Waals surface area (Å²) in [5.41, 5.74) is 1.90. The lowest BCUT2D eigenvalue weighted by Gasteiger charge is -2.30. The van der Waals surface area contributed by atoms with Gasteiger partial charge in [-0.1, -0.05) is 6.07 Å². The van der Waals surface area contributed by atoms with E-state index in [4.69, 9.17) is 9.47 Å². The van der Waals surface area contributed by atoms with Crippen LogP contribution in [0, 0.1) is 12.8 Å².